The first kappa shape index (κ1) is 11.7. The fraction of sp³-hybridized carbons (Fsp3) is 0.600. The average Bonchev–Trinajstić information content (AvgIpc) is 2.15. The Hall–Kier alpha value is -0.820. The summed E-state index contributed by atoms with van der Waals surface area (Å²) in [7, 11) is 0. The second-order valence-corrected chi connectivity index (χ2v) is 5.48. The van der Waals surface area contributed by atoms with Crippen LogP contribution in [0.15, 0.2) is 18.2 Å². The van der Waals surface area contributed by atoms with Crippen LogP contribution in [0.25, 0.3) is 0 Å². The van der Waals surface area contributed by atoms with Crippen molar-refractivity contribution >= 4 is 0 Å². The highest BCUT2D eigenvalue weighted by atomic mass is 14.9. The Morgan fingerprint density at radius 2 is 1.88 bits per heavy atom. The maximum absolute atomic E-state index is 3.64. The molecule has 1 aliphatic heterocycles. The number of nitrogens with one attached hydrogen (secondary N) is 1. The van der Waals surface area contributed by atoms with Crippen molar-refractivity contribution in [1.29, 1.82) is 0 Å². The summed E-state index contributed by atoms with van der Waals surface area (Å²) in [5, 5.41) is 3.64. The molecule has 0 bridgehead atoms. The van der Waals surface area contributed by atoms with Crippen molar-refractivity contribution in [3.8, 4) is 0 Å². The fourth-order valence-corrected chi connectivity index (χ4v) is 2.85. The molecule has 0 amide bonds. The minimum Gasteiger partial charge on any atom is -0.314 e. The Morgan fingerprint density at radius 1 is 1.19 bits per heavy atom. The summed E-state index contributed by atoms with van der Waals surface area (Å²) in [4.78, 5) is 0. The van der Waals surface area contributed by atoms with E-state index in [4.69, 9.17) is 0 Å². The lowest BCUT2D eigenvalue weighted by Gasteiger charge is -2.28. The third-order valence-corrected chi connectivity index (χ3v) is 3.52. The van der Waals surface area contributed by atoms with Gasteiger partial charge in [-0.25, -0.2) is 0 Å². The number of benzene rings is 1. The van der Waals surface area contributed by atoms with Gasteiger partial charge in [0, 0.05) is 6.04 Å². The summed E-state index contributed by atoms with van der Waals surface area (Å²) in [6.45, 7) is 7.94. The molecule has 1 N–H and O–H groups in total. The van der Waals surface area contributed by atoms with Crippen LogP contribution < -0.4 is 5.32 Å². The molecule has 1 aromatic rings. The van der Waals surface area contributed by atoms with Crippen LogP contribution in [0.2, 0.25) is 0 Å². The van der Waals surface area contributed by atoms with E-state index in [9.17, 15) is 0 Å². The number of aryl methyl sites for hydroxylation is 2. The summed E-state index contributed by atoms with van der Waals surface area (Å²) < 4.78 is 0. The third-order valence-electron chi connectivity index (χ3n) is 3.52. The first-order chi connectivity index (χ1) is 7.63. The second-order valence-electron chi connectivity index (χ2n) is 5.48. The van der Waals surface area contributed by atoms with Gasteiger partial charge in [-0.15, -0.1) is 0 Å². The van der Waals surface area contributed by atoms with Crippen molar-refractivity contribution in [1.82, 2.24) is 5.32 Å². The molecule has 1 fully saturated rings. The molecule has 0 aliphatic carbocycles. The maximum atomic E-state index is 3.64. The molecule has 2 unspecified atom stereocenters. The van der Waals surface area contributed by atoms with Crippen LogP contribution in [0.3, 0.4) is 0 Å². The topological polar surface area (TPSA) is 12.0 Å². The quantitative estimate of drug-likeness (QED) is 0.802. The van der Waals surface area contributed by atoms with Crippen molar-refractivity contribution in [2.75, 3.05) is 6.54 Å². The summed E-state index contributed by atoms with van der Waals surface area (Å²) >= 11 is 0. The van der Waals surface area contributed by atoms with Crippen molar-refractivity contribution in [2.24, 2.45) is 5.92 Å². The molecular weight excluding hydrogens is 194 g/mol. The highest BCUT2D eigenvalue weighted by Crippen LogP contribution is 2.19. The largest absolute Gasteiger partial charge is 0.314 e. The van der Waals surface area contributed by atoms with Gasteiger partial charge in [0.15, 0.2) is 0 Å². The molecule has 1 aliphatic rings. The van der Waals surface area contributed by atoms with Gasteiger partial charge in [0.05, 0.1) is 0 Å². The first-order valence-electron chi connectivity index (χ1n) is 6.44. The van der Waals surface area contributed by atoms with E-state index < -0.39 is 0 Å². The van der Waals surface area contributed by atoms with E-state index in [1.165, 1.54) is 42.5 Å². The molecule has 16 heavy (non-hydrogen) atoms. The Bertz CT molecular complexity index is 336. The van der Waals surface area contributed by atoms with E-state index in [2.05, 4.69) is 44.3 Å². The summed E-state index contributed by atoms with van der Waals surface area (Å²) in [5.74, 6) is 0.886. The molecule has 1 saturated heterocycles. The lowest BCUT2D eigenvalue weighted by molar-refractivity contribution is 0.318. The Kier molecular flexibility index (Phi) is 3.65. The minimum atomic E-state index is 0.685. The van der Waals surface area contributed by atoms with Gasteiger partial charge in [-0.1, -0.05) is 36.2 Å². The van der Waals surface area contributed by atoms with Crippen LogP contribution in [-0.2, 0) is 6.42 Å². The fourth-order valence-electron chi connectivity index (χ4n) is 2.85. The van der Waals surface area contributed by atoms with E-state index in [1.807, 2.05) is 0 Å². The van der Waals surface area contributed by atoms with Gasteiger partial charge in [0.25, 0.3) is 0 Å². The van der Waals surface area contributed by atoms with Crippen LogP contribution >= 0.6 is 0 Å². The van der Waals surface area contributed by atoms with E-state index in [1.54, 1.807) is 0 Å². The predicted molar refractivity (Wildman–Crippen MR) is 69.8 cm³/mol. The number of hydrogen-bond donors (Lipinski definition) is 1. The number of piperidine rings is 1. The summed E-state index contributed by atoms with van der Waals surface area (Å²) in [6, 6.07) is 7.59. The molecule has 2 atom stereocenters. The Balaban J connectivity index is 2.02. The van der Waals surface area contributed by atoms with Crippen molar-refractivity contribution in [3.63, 3.8) is 0 Å². The van der Waals surface area contributed by atoms with Crippen LogP contribution in [0, 0.1) is 19.8 Å². The number of rotatable bonds is 2. The summed E-state index contributed by atoms with van der Waals surface area (Å²) in [6.07, 6.45) is 3.85. The Labute approximate surface area is 99.3 Å². The van der Waals surface area contributed by atoms with Crippen LogP contribution in [0.1, 0.15) is 36.5 Å². The van der Waals surface area contributed by atoms with Gasteiger partial charge in [-0.2, -0.15) is 0 Å². The van der Waals surface area contributed by atoms with Gasteiger partial charge >= 0.3 is 0 Å². The van der Waals surface area contributed by atoms with E-state index in [0.717, 1.165) is 5.92 Å². The molecule has 0 saturated carbocycles. The smallest absolute Gasteiger partial charge is 0.0110 e. The van der Waals surface area contributed by atoms with Gasteiger partial charge < -0.3 is 5.32 Å². The molecule has 0 spiro atoms. The van der Waals surface area contributed by atoms with Gasteiger partial charge in [-0.3, -0.25) is 0 Å². The maximum Gasteiger partial charge on any atom is 0.0110 e. The highest BCUT2D eigenvalue weighted by molar-refractivity contribution is 5.29. The monoisotopic (exact) mass is 217 g/mol. The minimum absolute atomic E-state index is 0.685. The molecule has 1 heteroatoms. The Morgan fingerprint density at radius 3 is 2.50 bits per heavy atom. The molecule has 0 aromatic heterocycles. The highest BCUT2D eigenvalue weighted by Gasteiger charge is 2.18. The average molecular weight is 217 g/mol. The molecule has 1 nitrogen and oxygen atoms in total. The lowest BCUT2D eigenvalue weighted by atomic mass is 9.90. The van der Waals surface area contributed by atoms with E-state index in [0.29, 0.717) is 6.04 Å². The normalized spacial score (nSPS) is 25.7. The van der Waals surface area contributed by atoms with Crippen molar-refractivity contribution in [2.45, 2.75) is 46.1 Å². The molecular formula is C15H23N. The second kappa shape index (κ2) is 5.01. The zero-order chi connectivity index (χ0) is 11.5. The van der Waals surface area contributed by atoms with E-state index >= 15 is 0 Å². The van der Waals surface area contributed by atoms with Gasteiger partial charge in [0.2, 0.25) is 0 Å². The molecule has 2 rings (SSSR count). The first-order valence-corrected chi connectivity index (χ1v) is 6.44. The summed E-state index contributed by atoms with van der Waals surface area (Å²) in [5.41, 5.74) is 4.27. The van der Waals surface area contributed by atoms with Crippen LogP contribution in [0.5, 0.6) is 0 Å². The van der Waals surface area contributed by atoms with Crippen LogP contribution in [0.4, 0.5) is 0 Å². The van der Waals surface area contributed by atoms with Crippen molar-refractivity contribution < 1.29 is 0 Å². The van der Waals surface area contributed by atoms with Crippen LogP contribution in [-0.4, -0.2) is 12.6 Å². The molecule has 1 heterocycles. The lowest BCUT2D eigenvalue weighted by Crippen LogP contribution is -2.38. The molecule has 0 radical (unpaired) electrons. The SMILES string of the molecule is Cc1cc(C)cc(CC2CC(C)CCN2)c1. The third kappa shape index (κ3) is 3.08. The molecule has 1 aromatic carbocycles. The standard InChI is InChI=1S/C15H23N/c1-11-4-5-16-15(9-11)10-14-7-12(2)6-13(3)8-14/h6-8,11,15-16H,4-5,9-10H2,1-3H3. The zero-order valence-electron chi connectivity index (χ0n) is 10.7. The van der Waals surface area contributed by atoms with E-state index in [-0.39, 0.29) is 0 Å². The zero-order valence-corrected chi connectivity index (χ0v) is 10.7. The number of hydrogen-bond acceptors (Lipinski definition) is 1. The predicted octanol–water partition coefficient (Wildman–Crippen LogP) is 3.23. The van der Waals surface area contributed by atoms with Gasteiger partial charge in [0.1, 0.15) is 0 Å². The van der Waals surface area contributed by atoms with Gasteiger partial charge in [-0.05, 0) is 51.1 Å². The van der Waals surface area contributed by atoms with Crippen molar-refractivity contribution in [3.05, 3.63) is 34.9 Å². The molecule has 88 valence electrons.